The number of hydrogen-bond acceptors (Lipinski definition) is 4. The number of anilines is 1. The lowest BCUT2D eigenvalue weighted by molar-refractivity contribution is 0.0930. The molecule has 2 aromatic heterocycles. The van der Waals surface area contributed by atoms with Crippen LogP contribution in [0.15, 0.2) is 34.7 Å². The average Bonchev–Trinajstić information content (AvgIpc) is 2.85. The van der Waals surface area contributed by atoms with Crippen molar-refractivity contribution in [3.05, 3.63) is 47.5 Å². The number of carbonyl (C=O) groups is 1. The van der Waals surface area contributed by atoms with E-state index >= 15 is 0 Å². The van der Waals surface area contributed by atoms with Crippen LogP contribution in [0.25, 0.3) is 0 Å². The summed E-state index contributed by atoms with van der Waals surface area (Å²) in [5.41, 5.74) is 0.377. The molecule has 100 valence electrons. The van der Waals surface area contributed by atoms with E-state index in [1.807, 2.05) is 26.0 Å². The summed E-state index contributed by atoms with van der Waals surface area (Å²) < 4.78 is 5.48. The van der Waals surface area contributed by atoms with Gasteiger partial charge in [0.25, 0.3) is 5.91 Å². The van der Waals surface area contributed by atoms with Crippen molar-refractivity contribution in [1.29, 1.82) is 0 Å². The number of hydrogen-bond donors (Lipinski definition) is 2. The molecule has 19 heavy (non-hydrogen) atoms. The average molecular weight is 259 g/mol. The van der Waals surface area contributed by atoms with Gasteiger partial charge in [-0.3, -0.25) is 4.79 Å². The number of aryl methyl sites for hydroxylation is 1. The van der Waals surface area contributed by atoms with Gasteiger partial charge in [0.2, 0.25) is 0 Å². The van der Waals surface area contributed by atoms with Gasteiger partial charge in [0.1, 0.15) is 23.0 Å². The van der Waals surface area contributed by atoms with Crippen LogP contribution in [0.2, 0.25) is 0 Å². The summed E-state index contributed by atoms with van der Waals surface area (Å²) in [6.07, 6.45) is 0. The molecule has 5 nitrogen and oxygen atoms in total. The smallest absolute Gasteiger partial charge is 0.270 e. The molecule has 1 amide bonds. The van der Waals surface area contributed by atoms with Crippen LogP contribution in [-0.4, -0.2) is 17.9 Å². The summed E-state index contributed by atoms with van der Waals surface area (Å²) in [5, 5.41) is 5.76. The molecule has 0 saturated heterocycles. The first-order valence-electron chi connectivity index (χ1n) is 6.12. The molecule has 0 aliphatic heterocycles. The van der Waals surface area contributed by atoms with Gasteiger partial charge in [-0.15, -0.1) is 0 Å². The Morgan fingerprint density at radius 1 is 1.32 bits per heavy atom. The van der Waals surface area contributed by atoms with Gasteiger partial charge in [0.15, 0.2) is 0 Å². The van der Waals surface area contributed by atoms with E-state index in [1.54, 1.807) is 25.2 Å². The van der Waals surface area contributed by atoms with E-state index in [0.717, 1.165) is 11.5 Å². The van der Waals surface area contributed by atoms with Crippen molar-refractivity contribution in [1.82, 2.24) is 10.3 Å². The van der Waals surface area contributed by atoms with Crippen LogP contribution in [0, 0.1) is 6.92 Å². The zero-order chi connectivity index (χ0) is 13.8. The van der Waals surface area contributed by atoms with Crippen LogP contribution in [0.1, 0.15) is 35.0 Å². The van der Waals surface area contributed by atoms with E-state index in [-0.39, 0.29) is 11.9 Å². The number of furan rings is 1. The van der Waals surface area contributed by atoms with E-state index in [1.165, 1.54) is 0 Å². The highest BCUT2D eigenvalue weighted by molar-refractivity contribution is 5.92. The lowest BCUT2D eigenvalue weighted by Gasteiger charge is -2.11. The lowest BCUT2D eigenvalue weighted by Crippen LogP contribution is -2.27. The van der Waals surface area contributed by atoms with Crippen molar-refractivity contribution in [3.63, 3.8) is 0 Å². The van der Waals surface area contributed by atoms with E-state index in [0.29, 0.717) is 11.5 Å². The number of aromatic nitrogens is 1. The number of pyridine rings is 1. The molecular formula is C14H17N3O2. The van der Waals surface area contributed by atoms with Gasteiger partial charge < -0.3 is 15.1 Å². The molecule has 0 aromatic carbocycles. The second-order valence-corrected chi connectivity index (χ2v) is 4.30. The van der Waals surface area contributed by atoms with E-state index in [4.69, 9.17) is 4.42 Å². The molecule has 2 N–H and O–H groups in total. The van der Waals surface area contributed by atoms with Crippen LogP contribution < -0.4 is 10.6 Å². The van der Waals surface area contributed by atoms with Crippen LogP contribution in [0.3, 0.4) is 0 Å². The molecule has 1 atom stereocenters. The minimum Gasteiger partial charge on any atom is -0.464 e. The number of nitrogens with one attached hydrogen (secondary N) is 2. The Hall–Kier alpha value is -2.30. The van der Waals surface area contributed by atoms with Gasteiger partial charge in [-0.05, 0) is 38.1 Å². The summed E-state index contributed by atoms with van der Waals surface area (Å²) in [4.78, 5) is 16.2. The first-order valence-corrected chi connectivity index (χ1v) is 6.12. The largest absolute Gasteiger partial charge is 0.464 e. The summed E-state index contributed by atoms with van der Waals surface area (Å²) >= 11 is 0. The van der Waals surface area contributed by atoms with Crippen molar-refractivity contribution >= 4 is 11.7 Å². The molecular weight excluding hydrogens is 242 g/mol. The summed E-state index contributed by atoms with van der Waals surface area (Å²) in [6.45, 7) is 3.74. The second-order valence-electron chi connectivity index (χ2n) is 4.30. The molecule has 0 fully saturated rings. The topological polar surface area (TPSA) is 67.2 Å². The van der Waals surface area contributed by atoms with Crippen LogP contribution in [-0.2, 0) is 0 Å². The van der Waals surface area contributed by atoms with E-state index < -0.39 is 0 Å². The quantitative estimate of drug-likeness (QED) is 0.885. The third kappa shape index (κ3) is 3.13. The number of carbonyl (C=O) groups excluding carboxylic acids is 1. The highest BCUT2D eigenvalue weighted by atomic mass is 16.3. The predicted octanol–water partition coefficient (Wildman–Crippen LogP) is 2.52. The Bertz CT molecular complexity index is 578. The van der Waals surface area contributed by atoms with E-state index in [9.17, 15) is 4.79 Å². The van der Waals surface area contributed by atoms with Gasteiger partial charge in [0, 0.05) is 7.05 Å². The van der Waals surface area contributed by atoms with Crippen molar-refractivity contribution < 1.29 is 9.21 Å². The predicted molar refractivity (Wildman–Crippen MR) is 73.1 cm³/mol. The summed E-state index contributed by atoms with van der Waals surface area (Å²) in [5.74, 6) is 2.00. The molecule has 0 spiro atoms. The fourth-order valence-corrected chi connectivity index (χ4v) is 1.73. The van der Waals surface area contributed by atoms with Crippen molar-refractivity contribution in [2.45, 2.75) is 19.9 Å². The van der Waals surface area contributed by atoms with Gasteiger partial charge in [-0.2, -0.15) is 0 Å². The summed E-state index contributed by atoms with van der Waals surface area (Å²) in [6, 6.07) is 8.80. The molecule has 0 aliphatic rings. The van der Waals surface area contributed by atoms with Crippen molar-refractivity contribution in [2.75, 3.05) is 12.4 Å². The molecule has 1 unspecified atom stereocenters. The molecule has 2 rings (SSSR count). The highest BCUT2D eigenvalue weighted by Gasteiger charge is 2.15. The maximum atomic E-state index is 12.1. The third-order valence-corrected chi connectivity index (χ3v) is 2.77. The normalized spacial score (nSPS) is 11.9. The maximum Gasteiger partial charge on any atom is 0.270 e. The lowest BCUT2D eigenvalue weighted by atomic mass is 10.2. The maximum absolute atomic E-state index is 12.1. The molecule has 5 heteroatoms. The Morgan fingerprint density at radius 2 is 2.11 bits per heavy atom. The van der Waals surface area contributed by atoms with E-state index in [2.05, 4.69) is 15.6 Å². The van der Waals surface area contributed by atoms with Gasteiger partial charge in [0.05, 0.1) is 6.04 Å². The first kappa shape index (κ1) is 13.1. The Kier molecular flexibility index (Phi) is 3.85. The summed E-state index contributed by atoms with van der Waals surface area (Å²) in [7, 11) is 1.76. The second kappa shape index (κ2) is 5.56. The number of nitrogens with zero attached hydrogens (tertiary/aromatic N) is 1. The molecule has 0 saturated carbocycles. The Balaban J connectivity index is 2.08. The van der Waals surface area contributed by atoms with Gasteiger partial charge in [-0.1, -0.05) is 6.07 Å². The molecule has 2 aromatic rings. The molecule has 0 radical (unpaired) electrons. The standard InChI is InChI=1S/C14H17N3O2/c1-9-7-8-12(19-9)10(2)16-14(18)11-5-4-6-13(15-3)17-11/h4-8,10H,1-3H3,(H,15,17)(H,16,18). The van der Waals surface area contributed by atoms with Crippen LogP contribution in [0.4, 0.5) is 5.82 Å². The minimum absolute atomic E-state index is 0.193. The third-order valence-electron chi connectivity index (χ3n) is 2.77. The van der Waals surface area contributed by atoms with Crippen molar-refractivity contribution in [2.24, 2.45) is 0 Å². The minimum atomic E-state index is -0.223. The zero-order valence-corrected chi connectivity index (χ0v) is 11.2. The van der Waals surface area contributed by atoms with Gasteiger partial charge in [-0.25, -0.2) is 4.98 Å². The Labute approximate surface area is 112 Å². The molecule has 2 heterocycles. The Morgan fingerprint density at radius 3 is 2.74 bits per heavy atom. The SMILES string of the molecule is CNc1cccc(C(=O)NC(C)c2ccc(C)o2)n1. The van der Waals surface area contributed by atoms with Gasteiger partial charge >= 0.3 is 0 Å². The molecule has 0 bridgehead atoms. The number of amides is 1. The zero-order valence-electron chi connectivity index (χ0n) is 11.2. The first-order chi connectivity index (χ1) is 9.10. The monoisotopic (exact) mass is 259 g/mol. The number of rotatable bonds is 4. The van der Waals surface area contributed by atoms with Crippen LogP contribution >= 0.6 is 0 Å². The van der Waals surface area contributed by atoms with Crippen LogP contribution in [0.5, 0.6) is 0 Å². The van der Waals surface area contributed by atoms with Crippen molar-refractivity contribution in [3.8, 4) is 0 Å². The molecule has 0 aliphatic carbocycles. The highest BCUT2D eigenvalue weighted by Crippen LogP contribution is 2.16. The fraction of sp³-hybridized carbons (Fsp3) is 0.286. The fourth-order valence-electron chi connectivity index (χ4n) is 1.73.